The maximum Gasteiger partial charge on any atom is 0.251 e. The zero-order chi connectivity index (χ0) is 15.6. The summed E-state index contributed by atoms with van der Waals surface area (Å²) in [7, 11) is 0. The van der Waals surface area contributed by atoms with Crippen LogP contribution in [0.2, 0.25) is 15.1 Å². The summed E-state index contributed by atoms with van der Waals surface area (Å²) in [5.74, 6) is -0.277. The molecule has 3 nitrogen and oxygen atoms in total. The first-order chi connectivity index (χ1) is 9.88. The number of hydrogen-bond acceptors (Lipinski definition) is 2. The molecule has 0 spiro atoms. The Kier molecular flexibility index (Phi) is 4.99. The summed E-state index contributed by atoms with van der Waals surface area (Å²) in [6, 6.07) is 10.1. The predicted octanol–water partition coefficient (Wildman–Crippen LogP) is 4.72. The Morgan fingerprint density at radius 1 is 1.10 bits per heavy atom. The van der Waals surface area contributed by atoms with Gasteiger partial charge in [-0.3, -0.25) is 4.79 Å². The first-order valence-electron chi connectivity index (χ1n) is 6.19. The largest absolute Gasteiger partial charge is 0.396 e. The Morgan fingerprint density at radius 2 is 1.62 bits per heavy atom. The van der Waals surface area contributed by atoms with E-state index in [2.05, 4.69) is 5.32 Å². The van der Waals surface area contributed by atoms with Gasteiger partial charge in [-0.05, 0) is 36.8 Å². The lowest BCUT2D eigenvalue weighted by molar-refractivity contribution is 0.0940. The molecule has 2 aromatic carbocycles. The highest BCUT2D eigenvalue weighted by atomic mass is 35.5. The number of amides is 1. The Hall–Kier alpha value is -1.42. The van der Waals surface area contributed by atoms with E-state index in [0.717, 1.165) is 5.56 Å². The molecule has 0 radical (unpaired) electrons. The SMILES string of the molecule is C[C@@H](NC(=O)c1cc(Cl)c(N)c(Cl)c1)c1ccc(Cl)cc1. The van der Waals surface area contributed by atoms with Crippen molar-refractivity contribution < 1.29 is 4.79 Å². The normalized spacial score (nSPS) is 12.0. The van der Waals surface area contributed by atoms with Crippen LogP contribution < -0.4 is 11.1 Å². The zero-order valence-electron chi connectivity index (χ0n) is 11.2. The summed E-state index contributed by atoms with van der Waals surface area (Å²) in [4.78, 5) is 12.2. The fraction of sp³-hybridized carbons (Fsp3) is 0.133. The van der Waals surface area contributed by atoms with Crippen molar-refractivity contribution in [3.05, 3.63) is 62.6 Å². The van der Waals surface area contributed by atoms with Gasteiger partial charge in [-0.15, -0.1) is 0 Å². The monoisotopic (exact) mass is 342 g/mol. The van der Waals surface area contributed by atoms with E-state index in [1.807, 2.05) is 19.1 Å². The Bertz CT molecular complexity index is 648. The number of halogens is 3. The lowest BCUT2D eigenvalue weighted by Crippen LogP contribution is -2.26. The third-order valence-electron chi connectivity index (χ3n) is 3.06. The van der Waals surface area contributed by atoms with Crippen LogP contribution in [-0.4, -0.2) is 5.91 Å². The molecule has 1 amide bonds. The number of carbonyl (C=O) groups is 1. The average molecular weight is 344 g/mol. The van der Waals surface area contributed by atoms with E-state index in [0.29, 0.717) is 10.6 Å². The molecule has 0 unspecified atom stereocenters. The molecule has 0 aromatic heterocycles. The van der Waals surface area contributed by atoms with Gasteiger partial charge in [0.2, 0.25) is 0 Å². The molecule has 1 atom stereocenters. The lowest BCUT2D eigenvalue weighted by atomic mass is 10.1. The first-order valence-corrected chi connectivity index (χ1v) is 7.32. The zero-order valence-corrected chi connectivity index (χ0v) is 13.4. The third kappa shape index (κ3) is 3.82. The first kappa shape index (κ1) is 16.0. The number of nitrogen functional groups attached to an aromatic ring is 1. The fourth-order valence-corrected chi connectivity index (χ4v) is 2.44. The number of hydrogen-bond donors (Lipinski definition) is 2. The van der Waals surface area contributed by atoms with Crippen molar-refractivity contribution in [2.75, 3.05) is 5.73 Å². The number of benzene rings is 2. The highest BCUT2D eigenvalue weighted by Crippen LogP contribution is 2.29. The van der Waals surface area contributed by atoms with Gasteiger partial charge in [-0.25, -0.2) is 0 Å². The third-order valence-corrected chi connectivity index (χ3v) is 3.94. The molecule has 0 aliphatic heterocycles. The predicted molar refractivity (Wildman–Crippen MR) is 88.2 cm³/mol. The second-order valence-electron chi connectivity index (χ2n) is 4.60. The van der Waals surface area contributed by atoms with E-state index in [9.17, 15) is 4.79 Å². The van der Waals surface area contributed by atoms with Crippen LogP contribution in [0.1, 0.15) is 28.9 Å². The number of nitrogens with two attached hydrogens (primary N) is 1. The number of carbonyl (C=O) groups excluding carboxylic acids is 1. The molecular weight excluding hydrogens is 331 g/mol. The van der Waals surface area contributed by atoms with E-state index in [4.69, 9.17) is 40.5 Å². The quantitative estimate of drug-likeness (QED) is 0.792. The van der Waals surface area contributed by atoms with Crippen LogP contribution >= 0.6 is 34.8 Å². The van der Waals surface area contributed by atoms with E-state index < -0.39 is 0 Å². The van der Waals surface area contributed by atoms with Gasteiger partial charge in [-0.2, -0.15) is 0 Å². The highest BCUT2D eigenvalue weighted by Gasteiger charge is 2.14. The van der Waals surface area contributed by atoms with Gasteiger partial charge in [0.05, 0.1) is 21.8 Å². The highest BCUT2D eigenvalue weighted by molar-refractivity contribution is 6.39. The molecule has 0 fully saturated rings. The number of rotatable bonds is 3. The van der Waals surface area contributed by atoms with Crippen LogP contribution in [0.4, 0.5) is 5.69 Å². The van der Waals surface area contributed by atoms with E-state index in [-0.39, 0.29) is 27.7 Å². The molecule has 0 saturated heterocycles. The number of anilines is 1. The van der Waals surface area contributed by atoms with Crippen LogP contribution in [0, 0.1) is 0 Å². The second-order valence-corrected chi connectivity index (χ2v) is 5.85. The molecule has 0 heterocycles. The van der Waals surface area contributed by atoms with Gasteiger partial charge >= 0.3 is 0 Å². The van der Waals surface area contributed by atoms with Crippen molar-refractivity contribution in [1.29, 1.82) is 0 Å². The van der Waals surface area contributed by atoms with Gasteiger partial charge in [0.1, 0.15) is 0 Å². The minimum atomic E-state index is -0.277. The molecule has 0 aliphatic rings. The van der Waals surface area contributed by atoms with E-state index in [1.54, 1.807) is 12.1 Å². The van der Waals surface area contributed by atoms with Crippen molar-refractivity contribution in [2.45, 2.75) is 13.0 Å². The Morgan fingerprint density at radius 3 is 2.14 bits per heavy atom. The van der Waals surface area contributed by atoms with E-state index >= 15 is 0 Å². The van der Waals surface area contributed by atoms with Crippen molar-refractivity contribution in [3.63, 3.8) is 0 Å². The summed E-state index contributed by atoms with van der Waals surface area (Å²) < 4.78 is 0. The van der Waals surface area contributed by atoms with Crippen molar-refractivity contribution >= 4 is 46.4 Å². The van der Waals surface area contributed by atoms with Gasteiger partial charge < -0.3 is 11.1 Å². The standard InChI is InChI=1S/C15H13Cl3N2O/c1-8(9-2-4-11(16)5-3-9)20-15(21)10-6-12(17)14(19)13(18)7-10/h2-8H,19H2,1H3,(H,20,21)/t8-/m1/s1. The molecule has 3 N–H and O–H groups in total. The molecule has 110 valence electrons. The molecule has 0 bridgehead atoms. The number of nitrogens with one attached hydrogen (secondary N) is 1. The van der Waals surface area contributed by atoms with Crippen molar-refractivity contribution in [1.82, 2.24) is 5.32 Å². The topological polar surface area (TPSA) is 55.1 Å². The van der Waals surface area contributed by atoms with E-state index in [1.165, 1.54) is 12.1 Å². The maximum absolute atomic E-state index is 12.2. The molecule has 21 heavy (non-hydrogen) atoms. The van der Waals surface area contributed by atoms with Crippen LogP contribution in [0.5, 0.6) is 0 Å². The average Bonchev–Trinajstić information content (AvgIpc) is 2.44. The van der Waals surface area contributed by atoms with Crippen LogP contribution in [0.3, 0.4) is 0 Å². The minimum Gasteiger partial charge on any atom is -0.396 e. The molecule has 2 aromatic rings. The summed E-state index contributed by atoms with van der Waals surface area (Å²) in [6.45, 7) is 1.88. The van der Waals surface area contributed by atoms with Crippen LogP contribution in [0.25, 0.3) is 0 Å². The van der Waals surface area contributed by atoms with Gasteiger partial charge in [0.25, 0.3) is 5.91 Å². The Labute approximate surface area is 138 Å². The Balaban J connectivity index is 2.16. The van der Waals surface area contributed by atoms with Crippen LogP contribution in [-0.2, 0) is 0 Å². The second kappa shape index (κ2) is 6.56. The van der Waals surface area contributed by atoms with Crippen molar-refractivity contribution in [2.24, 2.45) is 0 Å². The molecule has 2 rings (SSSR count). The summed E-state index contributed by atoms with van der Waals surface area (Å²) in [5, 5.41) is 4.03. The van der Waals surface area contributed by atoms with Gasteiger partial charge in [0, 0.05) is 10.6 Å². The maximum atomic E-state index is 12.2. The summed E-state index contributed by atoms with van der Waals surface area (Å²) >= 11 is 17.7. The van der Waals surface area contributed by atoms with Gasteiger partial charge in [-0.1, -0.05) is 46.9 Å². The molecule has 6 heteroatoms. The summed E-state index contributed by atoms with van der Waals surface area (Å²) in [5.41, 5.74) is 7.22. The van der Waals surface area contributed by atoms with Crippen molar-refractivity contribution in [3.8, 4) is 0 Å². The molecular formula is C15H13Cl3N2O. The van der Waals surface area contributed by atoms with Gasteiger partial charge in [0.15, 0.2) is 0 Å². The fourth-order valence-electron chi connectivity index (χ4n) is 1.83. The minimum absolute atomic E-state index is 0.176. The molecule has 0 saturated carbocycles. The molecule has 0 aliphatic carbocycles. The smallest absolute Gasteiger partial charge is 0.251 e. The van der Waals surface area contributed by atoms with Crippen LogP contribution in [0.15, 0.2) is 36.4 Å². The summed E-state index contributed by atoms with van der Waals surface area (Å²) in [6.07, 6.45) is 0. The lowest BCUT2D eigenvalue weighted by Gasteiger charge is -2.15.